The van der Waals surface area contributed by atoms with Crippen LogP contribution < -0.4 is 15.0 Å². The lowest BCUT2D eigenvalue weighted by atomic mass is 9.87. The molecule has 2 rings (SSSR count). The Morgan fingerprint density at radius 1 is 1.10 bits per heavy atom. The lowest BCUT2D eigenvalue weighted by Gasteiger charge is -2.25. The van der Waals surface area contributed by atoms with E-state index in [0.29, 0.717) is 22.1 Å². The van der Waals surface area contributed by atoms with Gasteiger partial charge in [0, 0.05) is 23.2 Å². The quantitative estimate of drug-likeness (QED) is 0.456. The maximum absolute atomic E-state index is 12.9. The number of rotatable bonds is 7. The molecule has 164 valence electrons. The van der Waals surface area contributed by atoms with Crippen molar-refractivity contribution >= 4 is 52.2 Å². The number of ether oxygens (including phenoxy) is 1. The number of halogens is 2. The Morgan fingerprint density at radius 3 is 2.23 bits per heavy atom. The van der Waals surface area contributed by atoms with Gasteiger partial charge in [-0.05, 0) is 48.5 Å². The van der Waals surface area contributed by atoms with Gasteiger partial charge in [0.2, 0.25) is 12.0 Å². The number of nitrogens with zero attached hydrogens (tertiary/aromatic N) is 1. The number of benzene rings is 2. The number of ketones is 1. The van der Waals surface area contributed by atoms with Crippen molar-refractivity contribution in [3.8, 4) is 5.75 Å². The molecule has 8 heteroatoms. The molecule has 0 radical (unpaired) electrons. The molecule has 0 spiro atoms. The minimum Gasteiger partial charge on any atom is -0.473 e. The van der Waals surface area contributed by atoms with Crippen molar-refractivity contribution in [2.75, 3.05) is 17.3 Å². The Balaban J connectivity index is 2.28. The second kappa shape index (κ2) is 9.98. The van der Waals surface area contributed by atoms with Crippen molar-refractivity contribution in [1.29, 1.82) is 0 Å². The zero-order chi connectivity index (χ0) is 23.3. The first-order valence-corrected chi connectivity index (χ1v) is 10.2. The predicted molar refractivity (Wildman–Crippen MR) is 124 cm³/mol. The highest BCUT2D eigenvalue weighted by Gasteiger charge is 2.37. The van der Waals surface area contributed by atoms with Crippen LogP contribution in [-0.4, -0.2) is 30.7 Å². The molecule has 0 saturated heterocycles. The van der Waals surface area contributed by atoms with Crippen molar-refractivity contribution in [2.24, 2.45) is 5.41 Å². The van der Waals surface area contributed by atoms with Gasteiger partial charge in [-0.1, -0.05) is 50.6 Å². The summed E-state index contributed by atoms with van der Waals surface area (Å²) in [6.45, 7) is 8.56. The van der Waals surface area contributed by atoms with E-state index in [2.05, 4.69) is 11.9 Å². The molecule has 0 aliphatic heterocycles. The molecule has 0 aromatic heterocycles. The van der Waals surface area contributed by atoms with E-state index >= 15 is 0 Å². The number of amides is 2. The zero-order valence-electron chi connectivity index (χ0n) is 17.7. The van der Waals surface area contributed by atoms with E-state index < -0.39 is 23.2 Å². The van der Waals surface area contributed by atoms with E-state index in [-0.39, 0.29) is 10.9 Å². The van der Waals surface area contributed by atoms with Gasteiger partial charge in [-0.2, -0.15) is 0 Å². The molecule has 0 aliphatic rings. The van der Waals surface area contributed by atoms with Gasteiger partial charge < -0.3 is 15.0 Å². The molecule has 2 aromatic carbocycles. The Labute approximate surface area is 191 Å². The van der Waals surface area contributed by atoms with Gasteiger partial charge >= 0.3 is 0 Å². The summed E-state index contributed by atoms with van der Waals surface area (Å²) in [6.07, 6.45) is -0.209. The van der Waals surface area contributed by atoms with E-state index in [4.69, 9.17) is 27.9 Å². The molecule has 1 atom stereocenters. The van der Waals surface area contributed by atoms with Crippen LogP contribution in [0.5, 0.6) is 5.75 Å². The first-order valence-electron chi connectivity index (χ1n) is 9.41. The molecule has 0 aliphatic carbocycles. The molecule has 0 bridgehead atoms. The summed E-state index contributed by atoms with van der Waals surface area (Å²) in [4.78, 5) is 39.0. The van der Waals surface area contributed by atoms with E-state index in [1.807, 2.05) is 0 Å². The van der Waals surface area contributed by atoms with Crippen LogP contribution in [0.4, 0.5) is 11.4 Å². The van der Waals surface area contributed by atoms with E-state index in [1.54, 1.807) is 64.2 Å². The number of hydrogen-bond acceptors (Lipinski definition) is 4. The van der Waals surface area contributed by atoms with Crippen LogP contribution in [0.3, 0.4) is 0 Å². The summed E-state index contributed by atoms with van der Waals surface area (Å²) in [5.41, 5.74) is 0.0853. The Morgan fingerprint density at radius 2 is 1.71 bits per heavy atom. The largest absolute Gasteiger partial charge is 0.473 e. The Kier molecular flexibility index (Phi) is 7.87. The first-order chi connectivity index (χ1) is 14.4. The Hall–Kier alpha value is -2.83. The molecule has 31 heavy (non-hydrogen) atoms. The van der Waals surface area contributed by atoms with Gasteiger partial charge in [-0.15, -0.1) is 0 Å². The number of likely N-dealkylation sites (N-methyl/N-ethyl adjacent to an activating group) is 1. The standard InChI is InChI=1S/C23H24Cl2N2O4/c1-6-19(28)27(5)15-8-10-16(11-9-15)31-20(21(29)23(2,3)4)22(30)26-18-12-7-14(24)13-17(18)25/h6-13,20H,1H2,2-5H3,(H,26,30). The molecule has 6 nitrogen and oxygen atoms in total. The van der Waals surface area contributed by atoms with Gasteiger partial charge in [0.15, 0.2) is 5.78 Å². The van der Waals surface area contributed by atoms with E-state index in [1.165, 1.54) is 17.0 Å². The number of carbonyl (C=O) groups excluding carboxylic acids is 3. The highest BCUT2D eigenvalue weighted by atomic mass is 35.5. The molecule has 1 unspecified atom stereocenters. The molecular weight excluding hydrogens is 439 g/mol. The minimum atomic E-state index is -1.41. The smallest absolute Gasteiger partial charge is 0.273 e. The summed E-state index contributed by atoms with van der Waals surface area (Å²) < 4.78 is 5.77. The summed E-state index contributed by atoms with van der Waals surface area (Å²) in [7, 11) is 1.61. The fraction of sp³-hybridized carbons (Fsp3) is 0.261. The van der Waals surface area contributed by atoms with Crippen molar-refractivity contribution in [1.82, 2.24) is 0 Å². The van der Waals surface area contributed by atoms with Crippen molar-refractivity contribution in [3.63, 3.8) is 0 Å². The summed E-state index contributed by atoms with van der Waals surface area (Å²) in [5.74, 6) is -1.04. The van der Waals surface area contributed by atoms with Crippen LogP contribution in [0.15, 0.2) is 55.1 Å². The fourth-order valence-electron chi connectivity index (χ4n) is 2.56. The molecule has 2 amide bonds. The zero-order valence-corrected chi connectivity index (χ0v) is 19.3. The van der Waals surface area contributed by atoms with Gasteiger partial charge in [0.05, 0.1) is 10.7 Å². The maximum Gasteiger partial charge on any atom is 0.273 e. The topological polar surface area (TPSA) is 75.7 Å². The lowest BCUT2D eigenvalue weighted by Crippen LogP contribution is -2.45. The molecule has 0 heterocycles. The van der Waals surface area contributed by atoms with Crippen LogP contribution in [-0.2, 0) is 14.4 Å². The number of nitrogens with one attached hydrogen (secondary N) is 1. The van der Waals surface area contributed by atoms with E-state index in [9.17, 15) is 14.4 Å². The third-order valence-electron chi connectivity index (χ3n) is 4.39. The van der Waals surface area contributed by atoms with Crippen LogP contribution in [0.2, 0.25) is 10.0 Å². The minimum absolute atomic E-state index is 0.238. The monoisotopic (exact) mass is 462 g/mol. The highest BCUT2D eigenvalue weighted by molar-refractivity contribution is 6.36. The summed E-state index contributed by atoms with van der Waals surface area (Å²) >= 11 is 12.0. The normalized spacial score (nSPS) is 11.9. The predicted octanol–water partition coefficient (Wildman–Crippen LogP) is 5.14. The van der Waals surface area contributed by atoms with Gasteiger partial charge in [0.25, 0.3) is 5.91 Å². The van der Waals surface area contributed by atoms with Gasteiger partial charge in [0.1, 0.15) is 5.75 Å². The summed E-state index contributed by atoms with van der Waals surface area (Å²) in [5, 5.41) is 3.28. The van der Waals surface area contributed by atoms with Gasteiger partial charge in [-0.3, -0.25) is 14.4 Å². The number of Topliss-reactive ketones (excluding diaryl/α,β-unsaturated/α-hetero) is 1. The van der Waals surface area contributed by atoms with Gasteiger partial charge in [-0.25, -0.2) is 0 Å². The SMILES string of the molecule is C=CC(=O)N(C)c1ccc(OC(C(=O)Nc2ccc(Cl)cc2Cl)C(=O)C(C)(C)C)cc1. The molecule has 0 saturated carbocycles. The maximum atomic E-state index is 12.9. The number of carbonyl (C=O) groups is 3. The van der Waals surface area contributed by atoms with Crippen LogP contribution in [0, 0.1) is 5.41 Å². The molecule has 1 N–H and O–H groups in total. The lowest BCUT2D eigenvalue weighted by molar-refractivity contribution is -0.140. The Bertz CT molecular complexity index is 998. The van der Waals surface area contributed by atoms with Crippen LogP contribution in [0.1, 0.15) is 20.8 Å². The van der Waals surface area contributed by atoms with E-state index in [0.717, 1.165) is 0 Å². The second-order valence-electron chi connectivity index (χ2n) is 7.82. The van der Waals surface area contributed by atoms with Crippen molar-refractivity contribution in [2.45, 2.75) is 26.9 Å². The number of hydrogen-bond donors (Lipinski definition) is 1. The highest BCUT2D eigenvalue weighted by Crippen LogP contribution is 2.27. The fourth-order valence-corrected chi connectivity index (χ4v) is 3.01. The van der Waals surface area contributed by atoms with Crippen molar-refractivity contribution < 1.29 is 19.1 Å². The third-order valence-corrected chi connectivity index (χ3v) is 4.94. The number of anilines is 2. The summed E-state index contributed by atoms with van der Waals surface area (Å²) in [6, 6.07) is 11.0. The molecular formula is C23H24Cl2N2O4. The van der Waals surface area contributed by atoms with Crippen molar-refractivity contribution in [3.05, 3.63) is 65.2 Å². The molecule has 2 aromatic rings. The van der Waals surface area contributed by atoms with Crippen LogP contribution >= 0.6 is 23.2 Å². The third kappa shape index (κ3) is 6.32. The van der Waals surface area contributed by atoms with Crippen LogP contribution in [0.25, 0.3) is 0 Å². The average Bonchev–Trinajstić information content (AvgIpc) is 2.72. The second-order valence-corrected chi connectivity index (χ2v) is 8.66. The molecule has 0 fully saturated rings. The first kappa shape index (κ1) is 24.4. The average molecular weight is 463 g/mol.